The Balaban J connectivity index is 1.48. The van der Waals surface area contributed by atoms with Crippen LogP contribution in [0.15, 0.2) is 18.2 Å². The van der Waals surface area contributed by atoms with E-state index in [0.717, 1.165) is 49.7 Å². The van der Waals surface area contributed by atoms with E-state index in [0.29, 0.717) is 12.3 Å². The average molecular weight is 310 g/mol. The van der Waals surface area contributed by atoms with Gasteiger partial charge in [-0.05, 0) is 55.6 Å². The van der Waals surface area contributed by atoms with Crippen molar-refractivity contribution in [2.45, 2.75) is 31.8 Å². The van der Waals surface area contributed by atoms with E-state index in [4.69, 9.17) is 21.4 Å². The molecular weight excluding hydrogens is 290 g/mol. The lowest BCUT2D eigenvalue weighted by Crippen LogP contribution is -2.40. The molecule has 3 rings (SSSR count). The van der Waals surface area contributed by atoms with Gasteiger partial charge in [-0.3, -0.25) is 9.69 Å². The van der Waals surface area contributed by atoms with Crippen molar-refractivity contribution in [2.75, 3.05) is 19.6 Å². The van der Waals surface area contributed by atoms with Gasteiger partial charge in [0, 0.05) is 24.4 Å². The second-order valence-corrected chi connectivity index (χ2v) is 6.47. The summed E-state index contributed by atoms with van der Waals surface area (Å²) in [5.74, 6) is 0.601. The molecular formula is C16H20ClNO3. The van der Waals surface area contributed by atoms with Gasteiger partial charge in [-0.25, -0.2) is 0 Å². The summed E-state index contributed by atoms with van der Waals surface area (Å²) >= 11 is 6.01. The molecule has 0 aromatic heterocycles. The Morgan fingerprint density at radius 2 is 2.14 bits per heavy atom. The quantitative estimate of drug-likeness (QED) is 0.929. The number of carboxylic acid groups (broad SMARTS) is 1. The number of hydrogen-bond acceptors (Lipinski definition) is 3. The maximum absolute atomic E-state index is 10.7. The second-order valence-electron chi connectivity index (χ2n) is 6.04. The SMILES string of the molecule is O=C(O)CC1CCN(CC2Cc3cc(Cl)ccc3O2)CC1. The molecule has 21 heavy (non-hydrogen) atoms. The van der Waals surface area contributed by atoms with Gasteiger partial charge >= 0.3 is 5.97 Å². The highest BCUT2D eigenvalue weighted by Crippen LogP contribution is 2.32. The van der Waals surface area contributed by atoms with Crippen LogP contribution >= 0.6 is 11.6 Å². The van der Waals surface area contributed by atoms with Gasteiger partial charge in [-0.15, -0.1) is 0 Å². The number of carbonyl (C=O) groups is 1. The Morgan fingerprint density at radius 1 is 1.38 bits per heavy atom. The molecule has 1 aromatic carbocycles. The van der Waals surface area contributed by atoms with E-state index in [-0.39, 0.29) is 6.10 Å². The van der Waals surface area contributed by atoms with Crippen molar-refractivity contribution in [3.63, 3.8) is 0 Å². The number of piperidine rings is 1. The monoisotopic (exact) mass is 309 g/mol. The molecule has 1 saturated heterocycles. The molecule has 0 aliphatic carbocycles. The summed E-state index contributed by atoms with van der Waals surface area (Å²) in [6.07, 6.45) is 3.34. The van der Waals surface area contributed by atoms with Crippen molar-refractivity contribution in [3.05, 3.63) is 28.8 Å². The number of nitrogens with zero attached hydrogens (tertiary/aromatic N) is 1. The normalized spacial score (nSPS) is 22.8. The van der Waals surface area contributed by atoms with Gasteiger partial charge in [0.25, 0.3) is 0 Å². The molecule has 2 aliphatic rings. The molecule has 114 valence electrons. The van der Waals surface area contributed by atoms with E-state index in [1.54, 1.807) is 0 Å². The molecule has 0 spiro atoms. The average Bonchev–Trinajstić information content (AvgIpc) is 2.82. The third kappa shape index (κ3) is 3.69. The van der Waals surface area contributed by atoms with Gasteiger partial charge in [-0.1, -0.05) is 11.6 Å². The standard InChI is InChI=1S/C16H20ClNO3/c17-13-1-2-15-12(8-13)9-14(21-15)10-18-5-3-11(4-6-18)7-16(19)20/h1-2,8,11,14H,3-7,9-10H2,(H,19,20). The number of likely N-dealkylation sites (tertiary alicyclic amines) is 1. The summed E-state index contributed by atoms with van der Waals surface area (Å²) < 4.78 is 5.96. The number of carboxylic acids is 1. The highest BCUT2D eigenvalue weighted by atomic mass is 35.5. The minimum atomic E-state index is -0.681. The molecule has 5 heteroatoms. The number of rotatable bonds is 4. The molecule has 2 heterocycles. The summed E-state index contributed by atoms with van der Waals surface area (Å²) in [5, 5.41) is 9.60. The van der Waals surface area contributed by atoms with Crippen molar-refractivity contribution in [1.82, 2.24) is 4.90 Å². The topological polar surface area (TPSA) is 49.8 Å². The summed E-state index contributed by atoms with van der Waals surface area (Å²) in [6, 6.07) is 5.78. The lowest BCUT2D eigenvalue weighted by atomic mass is 9.93. The minimum Gasteiger partial charge on any atom is -0.488 e. The number of benzene rings is 1. The Hall–Kier alpha value is -1.26. The van der Waals surface area contributed by atoms with Crippen LogP contribution in [0, 0.1) is 5.92 Å². The molecule has 0 amide bonds. The Bertz CT molecular complexity index is 526. The fourth-order valence-electron chi connectivity index (χ4n) is 3.30. The molecule has 4 nitrogen and oxygen atoms in total. The van der Waals surface area contributed by atoms with Gasteiger partial charge in [0.1, 0.15) is 11.9 Å². The van der Waals surface area contributed by atoms with Gasteiger partial charge in [0.05, 0.1) is 0 Å². The Labute approximate surface area is 129 Å². The third-order valence-electron chi connectivity index (χ3n) is 4.40. The van der Waals surface area contributed by atoms with Gasteiger partial charge in [0.2, 0.25) is 0 Å². The van der Waals surface area contributed by atoms with Crippen molar-refractivity contribution >= 4 is 17.6 Å². The van der Waals surface area contributed by atoms with Gasteiger partial charge < -0.3 is 9.84 Å². The second kappa shape index (κ2) is 6.24. The number of fused-ring (bicyclic) bond motifs is 1. The molecule has 1 aromatic rings. The first-order valence-electron chi connectivity index (χ1n) is 7.49. The van der Waals surface area contributed by atoms with E-state index in [9.17, 15) is 4.79 Å². The van der Waals surface area contributed by atoms with E-state index >= 15 is 0 Å². The maximum Gasteiger partial charge on any atom is 0.303 e. The molecule has 0 radical (unpaired) electrons. The fraction of sp³-hybridized carbons (Fsp3) is 0.562. The van der Waals surface area contributed by atoms with Gasteiger partial charge in [-0.2, -0.15) is 0 Å². The highest BCUT2D eigenvalue weighted by Gasteiger charge is 2.27. The van der Waals surface area contributed by atoms with Crippen LogP contribution < -0.4 is 4.74 Å². The van der Waals surface area contributed by atoms with Crippen LogP contribution in [0.2, 0.25) is 5.02 Å². The lowest BCUT2D eigenvalue weighted by molar-refractivity contribution is -0.138. The molecule has 2 aliphatic heterocycles. The van der Waals surface area contributed by atoms with Crippen LogP contribution in [0.25, 0.3) is 0 Å². The molecule has 1 fully saturated rings. The van der Waals surface area contributed by atoms with Crippen LogP contribution in [0.5, 0.6) is 5.75 Å². The van der Waals surface area contributed by atoms with Crippen molar-refractivity contribution in [1.29, 1.82) is 0 Å². The van der Waals surface area contributed by atoms with Crippen LogP contribution in [-0.2, 0) is 11.2 Å². The predicted molar refractivity (Wildman–Crippen MR) is 81.0 cm³/mol. The van der Waals surface area contributed by atoms with Crippen LogP contribution in [0.4, 0.5) is 0 Å². The molecule has 0 saturated carbocycles. The number of ether oxygens (including phenoxy) is 1. The first kappa shape index (κ1) is 14.7. The largest absolute Gasteiger partial charge is 0.488 e. The zero-order valence-corrected chi connectivity index (χ0v) is 12.7. The lowest BCUT2D eigenvalue weighted by Gasteiger charge is -2.32. The smallest absolute Gasteiger partial charge is 0.303 e. The Kier molecular flexibility index (Phi) is 4.36. The van der Waals surface area contributed by atoms with Crippen LogP contribution in [-0.4, -0.2) is 41.7 Å². The zero-order valence-electron chi connectivity index (χ0n) is 11.9. The zero-order chi connectivity index (χ0) is 14.8. The van der Waals surface area contributed by atoms with Crippen molar-refractivity contribution < 1.29 is 14.6 Å². The van der Waals surface area contributed by atoms with E-state index in [2.05, 4.69) is 4.90 Å². The summed E-state index contributed by atoms with van der Waals surface area (Å²) in [6.45, 7) is 2.84. The van der Waals surface area contributed by atoms with E-state index < -0.39 is 5.97 Å². The van der Waals surface area contributed by atoms with E-state index in [1.165, 1.54) is 5.56 Å². The van der Waals surface area contributed by atoms with E-state index in [1.807, 2.05) is 18.2 Å². The Morgan fingerprint density at radius 3 is 2.86 bits per heavy atom. The molecule has 0 bridgehead atoms. The highest BCUT2D eigenvalue weighted by molar-refractivity contribution is 6.30. The first-order valence-corrected chi connectivity index (χ1v) is 7.87. The molecule has 1 atom stereocenters. The van der Waals surface area contributed by atoms with Crippen LogP contribution in [0.1, 0.15) is 24.8 Å². The predicted octanol–water partition coefficient (Wildman–Crippen LogP) is 2.83. The first-order chi connectivity index (χ1) is 10.1. The molecule has 1 unspecified atom stereocenters. The summed E-state index contributed by atoms with van der Waals surface area (Å²) in [4.78, 5) is 13.1. The number of halogens is 1. The minimum absolute atomic E-state index is 0.189. The fourth-order valence-corrected chi connectivity index (χ4v) is 3.49. The van der Waals surface area contributed by atoms with Gasteiger partial charge in [0.15, 0.2) is 0 Å². The number of aliphatic carboxylic acids is 1. The maximum atomic E-state index is 10.7. The summed E-state index contributed by atoms with van der Waals surface area (Å²) in [5.41, 5.74) is 1.19. The van der Waals surface area contributed by atoms with Crippen LogP contribution in [0.3, 0.4) is 0 Å². The van der Waals surface area contributed by atoms with Crippen molar-refractivity contribution in [2.24, 2.45) is 5.92 Å². The number of hydrogen-bond donors (Lipinski definition) is 1. The third-order valence-corrected chi connectivity index (χ3v) is 4.63. The van der Waals surface area contributed by atoms with Crippen molar-refractivity contribution in [3.8, 4) is 5.75 Å². The molecule has 1 N–H and O–H groups in total. The summed E-state index contributed by atoms with van der Waals surface area (Å²) in [7, 11) is 0.